The molecule has 0 bridgehead atoms. The Bertz CT molecular complexity index is 1120. The highest BCUT2D eigenvalue weighted by Crippen LogP contribution is 2.37. The number of halogens is 1. The molecule has 1 aromatic carbocycles. The number of nitrogens with zero attached hydrogens (tertiary/aromatic N) is 4. The normalized spacial score (nSPS) is 20.3. The smallest absolute Gasteiger partial charge is 0.246 e. The summed E-state index contributed by atoms with van der Waals surface area (Å²) in [5.74, 6) is 0.113. The third-order valence-electron chi connectivity index (χ3n) is 5.92. The number of fused-ring (bicyclic) bond motifs is 1. The molecule has 0 saturated carbocycles. The first-order valence-corrected chi connectivity index (χ1v) is 11.6. The summed E-state index contributed by atoms with van der Waals surface area (Å²) in [4.78, 5) is 22.6. The van der Waals surface area contributed by atoms with Gasteiger partial charge >= 0.3 is 0 Å². The Kier molecular flexibility index (Phi) is 5.36. The lowest BCUT2D eigenvalue weighted by Gasteiger charge is -2.35. The van der Waals surface area contributed by atoms with E-state index < -0.39 is 21.9 Å². The predicted octanol–water partition coefficient (Wildman–Crippen LogP) is 3.06. The quantitative estimate of drug-likeness (QED) is 0.744. The molecule has 7 nitrogen and oxygen atoms in total. The van der Waals surface area contributed by atoms with Gasteiger partial charge < -0.3 is 0 Å². The van der Waals surface area contributed by atoms with Crippen LogP contribution in [-0.4, -0.2) is 42.2 Å². The molecule has 30 heavy (non-hydrogen) atoms. The Hall–Kier alpha value is -2.39. The van der Waals surface area contributed by atoms with Crippen LogP contribution in [0.3, 0.4) is 0 Å². The molecule has 1 aromatic heterocycles. The summed E-state index contributed by atoms with van der Waals surface area (Å²) < 4.78 is 42.6. The molecule has 160 valence electrons. The number of hydrogen-bond donors (Lipinski definition) is 0. The molecule has 3 heterocycles. The average molecular weight is 433 g/mol. The number of carbonyl (C=O) groups excluding carboxylic acids is 1. The highest BCUT2D eigenvalue weighted by atomic mass is 32.2. The highest BCUT2D eigenvalue weighted by Gasteiger charge is 2.38. The Morgan fingerprint density at radius 1 is 1.13 bits per heavy atom. The van der Waals surface area contributed by atoms with Gasteiger partial charge in [-0.25, -0.2) is 22.8 Å². The molecule has 0 unspecified atom stereocenters. The van der Waals surface area contributed by atoms with Gasteiger partial charge in [0.25, 0.3) is 0 Å². The number of anilines is 1. The van der Waals surface area contributed by atoms with Crippen molar-refractivity contribution in [2.45, 2.75) is 56.9 Å². The molecule has 2 aromatic rings. The predicted molar refractivity (Wildman–Crippen MR) is 110 cm³/mol. The zero-order valence-electron chi connectivity index (χ0n) is 17.4. The molecular weight excluding hydrogens is 407 g/mol. The van der Waals surface area contributed by atoms with Gasteiger partial charge in [0, 0.05) is 31.3 Å². The fourth-order valence-electron chi connectivity index (χ4n) is 4.22. The maximum absolute atomic E-state index is 14.5. The summed E-state index contributed by atoms with van der Waals surface area (Å²) >= 11 is 0. The van der Waals surface area contributed by atoms with Crippen molar-refractivity contribution in [1.29, 1.82) is 0 Å². The van der Waals surface area contributed by atoms with Gasteiger partial charge in [-0.2, -0.15) is 4.31 Å². The molecule has 0 spiro atoms. The first-order chi connectivity index (χ1) is 14.2. The minimum absolute atomic E-state index is 0.0264. The van der Waals surface area contributed by atoms with Crippen molar-refractivity contribution in [2.24, 2.45) is 0 Å². The number of benzene rings is 1. The standard InChI is InChI=1S/C21H25FN4O3S/c1-13-7-9-16(22)18(12-13)30(28,29)26-11-5-4-6-17(26)20-23-14(2)15-8-10-19(27)25(3)21(15)24-20/h7,9,12,17H,4-6,8,10-11H2,1-3H3/t17-/m1/s1. The molecule has 1 atom stereocenters. The van der Waals surface area contributed by atoms with E-state index in [0.29, 0.717) is 42.9 Å². The van der Waals surface area contributed by atoms with E-state index in [0.717, 1.165) is 17.7 Å². The van der Waals surface area contributed by atoms with Crippen molar-refractivity contribution in [3.63, 3.8) is 0 Å². The number of rotatable bonds is 3. The summed E-state index contributed by atoms with van der Waals surface area (Å²) in [5, 5.41) is 0. The summed E-state index contributed by atoms with van der Waals surface area (Å²) in [7, 11) is -2.40. The number of carbonyl (C=O) groups is 1. The Labute approximate surface area is 176 Å². The van der Waals surface area contributed by atoms with Gasteiger partial charge in [0.05, 0.1) is 6.04 Å². The van der Waals surface area contributed by atoms with Gasteiger partial charge in [-0.3, -0.25) is 9.69 Å². The maximum Gasteiger partial charge on any atom is 0.246 e. The Morgan fingerprint density at radius 3 is 2.67 bits per heavy atom. The number of hydrogen-bond acceptors (Lipinski definition) is 5. The van der Waals surface area contributed by atoms with Crippen molar-refractivity contribution < 1.29 is 17.6 Å². The molecular formula is C21H25FN4O3S. The fraction of sp³-hybridized carbons (Fsp3) is 0.476. The molecule has 2 aliphatic heterocycles. The molecule has 0 radical (unpaired) electrons. The lowest BCUT2D eigenvalue weighted by Crippen LogP contribution is -2.40. The van der Waals surface area contributed by atoms with Crippen LogP contribution in [0.5, 0.6) is 0 Å². The maximum atomic E-state index is 14.5. The van der Waals surface area contributed by atoms with Crippen LogP contribution in [-0.2, 0) is 21.2 Å². The number of amides is 1. The van der Waals surface area contributed by atoms with E-state index in [1.807, 2.05) is 6.92 Å². The van der Waals surface area contributed by atoms with Crippen molar-refractivity contribution >= 4 is 21.7 Å². The van der Waals surface area contributed by atoms with Gasteiger partial charge in [-0.1, -0.05) is 12.5 Å². The second-order valence-corrected chi connectivity index (χ2v) is 9.84. The lowest BCUT2D eigenvalue weighted by atomic mass is 10.0. The lowest BCUT2D eigenvalue weighted by molar-refractivity contribution is -0.118. The van der Waals surface area contributed by atoms with E-state index in [-0.39, 0.29) is 17.3 Å². The minimum Gasteiger partial charge on any atom is -0.300 e. The van der Waals surface area contributed by atoms with E-state index in [1.54, 1.807) is 20.0 Å². The second kappa shape index (κ2) is 7.70. The molecule has 1 saturated heterocycles. The van der Waals surface area contributed by atoms with E-state index >= 15 is 0 Å². The third kappa shape index (κ3) is 3.50. The number of aryl methyl sites for hydroxylation is 2. The fourth-order valence-corrected chi connectivity index (χ4v) is 6.03. The summed E-state index contributed by atoms with van der Waals surface area (Å²) in [6.45, 7) is 3.86. The van der Waals surface area contributed by atoms with Crippen LogP contribution in [0.25, 0.3) is 0 Å². The van der Waals surface area contributed by atoms with E-state index in [2.05, 4.69) is 9.97 Å². The number of aromatic nitrogens is 2. The topological polar surface area (TPSA) is 83.5 Å². The first-order valence-electron chi connectivity index (χ1n) is 10.1. The van der Waals surface area contributed by atoms with Crippen LogP contribution in [0.15, 0.2) is 23.1 Å². The number of piperidine rings is 1. The Morgan fingerprint density at radius 2 is 1.90 bits per heavy atom. The van der Waals surface area contributed by atoms with Crippen LogP contribution in [0, 0.1) is 19.7 Å². The number of sulfonamides is 1. The van der Waals surface area contributed by atoms with E-state index in [9.17, 15) is 17.6 Å². The van der Waals surface area contributed by atoms with Crippen LogP contribution in [0.1, 0.15) is 54.4 Å². The summed E-state index contributed by atoms with van der Waals surface area (Å²) in [6, 6.07) is 3.49. The van der Waals surface area contributed by atoms with Gasteiger partial charge in [0.1, 0.15) is 22.4 Å². The van der Waals surface area contributed by atoms with Crippen molar-refractivity contribution in [1.82, 2.24) is 14.3 Å². The average Bonchev–Trinajstić information content (AvgIpc) is 2.72. The molecule has 1 amide bonds. The van der Waals surface area contributed by atoms with Gasteiger partial charge in [0.15, 0.2) is 0 Å². The Balaban J connectivity index is 1.79. The molecule has 4 rings (SSSR count). The monoisotopic (exact) mass is 432 g/mol. The first kappa shape index (κ1) is 20.9. The molecule has 1 fully saturated rings. The second-order valence-electron chi connectivity index (χ2n) is 7.98. The van der Waals surface area contributed by atoms with Crippen LogP contribution in [0.2, 0.25) is 0 Å². The largest absolute Gasteiger partial charge is 0.300 e. The molecule has 0 aliphatic carbocycles. The molecule has 2 aliphatic rings. The van der Waals surface area contributed by atoms with Crippen LogP contribution in [0.4, 0.5) is 10.2 Å². The summed E-state index contributed by atoms with van der Waals surface area (Å²) in [6.07, 6.45) is 3.03. The van der Waals surface area contributed by atoms with Crippen molar-refractivity contribution in [3.8, 4) is 0 Å². The van der Waals surface area contributed by atoms with Gasteiger partial charge in [-0.15, -0.1) is 0 Å². The highest BCUT2D eigenvalue weighted by molar-refractivity contribution is 7.89. The minimum atomic E-state index is -4.07. The SMILES string of the molecule is Cc1ccc(F)c(S(=O)(=O)N2CCCC[C@@H]2c2nc(C)c3c(n2)N(C)C(=O)CC3)c1. The third-order valence-corrected chi connectivity index (χ3v) is 7.84. The van der Waals surface area contributed by atoms with Gasteiger partial charge in [0.2, 0.25) is 15.9 Å². The zero-order valence-corrected chi connectivity index (χ0v) is 18.2. The summed E-state index contributed by atoms with van der Waals surface area (Å²) in [5.41, 5.74) is 2.33. The molecule has 9 heteroatoms. The van der Waals surface area contributed by atoms with Gasteiger partial charge in [-0.05, 0) is 50.8 Å². The zero-order chi connectivity index (χ0) is 21.6. The van der Waals surface area contributed by atoms with Crippen molar-refractivity contribution in [3.05, 3.63) is 46.7 Å². The van der Waals surface area contributed by atoms with Crippen LogP contribution >= 0.6 is 0 Å². The van der Waals surface area contributed by atoms with E-state index in [1.165, 1.54) is 21.3 Å². The van der Waals surface area contributed by atoms with Crippen molar-refractivity contribution in [2.75, 3.05) is 18.5 Å². The molecule has 0 N–H and O–H groups in total. The van der Waals surface area contributed by atoms with E-state index in [4.69, 9.17) is 0 Å². The van der Waals surface area contributed by atoms with Crippen LogP contribution < -0.4 is 4.90 Å².